The van der Waals surface area contributed by atoms with Crippen LogP contribution < -0.4 is 10.5 Å². The number of rotatable bonds is 2. The van der Waals surface area contributed by atoms with Crippen molar-refractivity contribution in [2.24, 2.45) is 0 Å². The molecule has 126 valence electrons. The van der Waals surface area contributed by atoms with Crippen LogP contribution in [0.5, 0.6) is 0 Å². The standard InChI is InChI=1S/C20H20N4O/c1-22-12-13-23(17-6-3-2-4-7-17)19-10-9-18(14-16(19)15-22)24-20(25)8-5-11-21-24/h2-11,14H,12-13,15H2,1H3. The highest BCUT2D eigenvalue weighted by atomic mass is 16.1. The Balaban J connectivity index is 1.82. The van der Waals surface area contributed by atoms with Crippen LogP contribution in [0.4, 0.5) is 11.4 Å². The second-order valence-electron chi connectivity index (χ2n) is 6.31. The van der Waals surface area contributed by atoms with Crippen molar-refractivity contribution in [2.45, 2.75) is 6.54 Å². The molecule has 25 heavy (non-hydrogen) atoms. The van der Waals surface area contributed by atoms with E-state index in [4.69, 9.17) is 0 Å². The summed E-state index contributed by atoms with van der Waals surface area (Å²) in [5.41, 5.74) is 4.24. The number of fused-ring (bicyclic) bond motifs is 1. The first-order valence-corrected chi connectivity index (χ1v) is 8.41. The summed E-state index contributed by atoms with van der Waals surface area (Å²) in [6, 6.07) is 19.7. The number of para-hydroxylation sites is 1. The van der Waals surface area contributed by atoms with Gasteiger partial charge in [0.15, 0.2) is 0 Å². The Hall–Kier alpha value is -2.92. The van der Waals surface area contributed by atoms with Crippen molar-refractivity contribution in [3.05, 3.63) is 82.8 Å². The molecule has 0 amide bonds. The summed E-state index contributed by atoms with van der Waals surface area (Å²) in [7, 11) is 2.12. The third kappa shape index (κ3) is 3.06. The van der Waals surface area contributed by atoms with Gasteiger partial charge in [-0.1, -0.05) is 18.2 Å². The lowest BCUT2D eigenvalue weighted by molar-refractivity contribution is 0.343. The van der Waals surface area contributed by atoms with Gasteiger partial charge in [0.05, 0.1) is 5.69 Å². The van der Waals surface area contributed by atoms with Gasteiger partial charge in [0.1, 0.15) is 0 Å². The van der Waals surface area contributed by atoms with Gasteiger partial charge in [0, 0.05) is 43.3 Å². The van der Waals surface area contributed by atoms with Crippen molar-refractivity contribution >= 4 is 11.4 Å². The number of hydrogen-bond donors (Lipinski definition) is 0. The molecular weight excluding hydrogens is 312 g/mol. The molecule has 4 rings (SSSR count). The van der Waals surface area contributed by atoms with Crippen LogP contribution in [0.3, 0.4) is 0 Å². The van der Waals surface area contributed by atoms with E-state index in [0.717, 1.165) is 25.3 Å². The molecule has 5 heteroatoms. The fourth-order valence-corrected chi connectivity index (χ4v) is 3.28. The van der Waals surface area contributed by atoms with Crippen LogP contribution >= 0.6 is 0 Å². The first-order valence-electron chi connectivity index (χ1n) is 8.41. The first-order chi connectivity index (χ1) is 12.2. The number of aromatic nitrogens is 2. The third-order valence-electron chi connectivity index (χ3n) is 4.53. The van der Waals surface area contributed by atoms with Gasteiger partial charge < -0.3 is 9.80 Å². The molecule has 0 radical (unpaired) electrons. The highest BCUT2D eigenvalue weighted by Crippen LogP contribution is 2.32. The van der Waals surface area contributed by atoms with E-state index in [2.05, 4.69) is 58.3 Å². The minimum absolute atomic E-state index is 0.121. The maximum absolute atomic E-state index is 12.1. The summed E-state index contributed by atoms with van der Waals surface area (Å²) >= 11 is 0. The second kappa shape index (κ2) is 6.53. The Bertz CT molecular complexity index is 936. The average molecular weight is 332 g/mol. The quantitative estimate of drug-likeness (QED) is 0.724. The zero-order chi connectivity index (χ0) is 17.2. The van der Waals surface area contributed by atoms with Crippen molar-refractivity contribution in [3.8, 4) is 5.69 Å². The van der Waals surface area contributed by atoms with Crippen LogP contribution in [0.2, 0.25) is 0 Å². The molecule has 1 aromatic heterocycles. The normalized spacial score (nSPS) is 14.8. The van der Waals surface area contributed by atoms with Gasteiger partial charge in [-0.15, -0.1) is 0 Å². The van der Waals surface area contributed by atoms with Gasteiger partial charge in [0.25, 0.3) is 5.56 Å². The summed E-state index contributed by atoms with van der Waals surface area (Å²) in [5, 5.41) is 4.19. The number of nitrogens with zero attached hydrogens (tertiary/aromatic N) is 4. The average Bonchev–Trinajstić information content (AvgIpc) is 2.80. The zero-order valence-corrected chi connectivity index (χ0v) is 14.2. The van der Waals surface area contributed by atoms with E-state index in [1.807, 2.05) is 12.1 Å². The van der Waals surface area contributed by atoms with E-state index in [0.29, 0.717) is 0 Å². The maximum Gasteiger partial charge on any atom is 0.271 e. The molecule has 0 unspecified atom stereocenters. The lowest BCUT2D eigenvalue weighted by atomic mass is 10.1. The molecule has 0 spiro atoms. The van der Waals surface area contributed by atoms with Crippen LogP contribution in [-0.2, 0) is 6.54 Å². The minimum atomic E-state index is -0.121. The van der Waals surface area contributed by atoms with Crippen molar-refractivity contribution in [1.29, 1.82) is 0 Å². The number of anilines is 2. The Morgan fingerprint density at radius 1 is 0.920 bits per heavy atom. The summed E-state index contributed by atoms with van der Waals surface area (Å²) in [5.74, 6) is 0. The molecule has 2 aromatic carbocycles. The van der Waals surface area contributed by atoms with E-state index in [9.17, 15) is 4.79 Å². The fourth-order valence-electron chi connectivity index (χ4n) is 3.28. The molecule has 0 fully saturated rings. The highest BCUT2D eigenvalue weighted by molar-refractivity contribution is 5.68. The molecule has 0 saturated heterocycles. The number of benzene rings is 2. The highest BCUT2D eigenvalue weighted by Gasteiger charge is 2.20. The van der Waals surface area contributed by atoms with Crippen LogP contribution in [-0.4, -0.2) is 34.8 Å². The summed E-state index contributed by atoms with van der Waals surface area (Å²) in [4.78, 5) is 16.7. The molecule has 0 atom stereocenters. The summed E-state index contributed by atoms with van der Waals surface area (Å²) in [6.45, 7) is 2.74. The van der Waals surface area contributed by atoms with Crippen LogP contribution in [0.15, 0.2) is 71.7 Å². The molecule has 0 saturated carbocycles. The topological polar surface area (TPSA) is 41.4 Å². The van der Waals surface area contributed by atoms with Gasteiger partial charge in [-0.25, -0.2) is 0 Å². The zero-order valence-electron chi connectivity index (χ0n) is 14.2. The Kier molecular flexibility index (Phi) is 4.07. The SMILES string of the molecule is CN1CCN(c2ccccc2)c2ccc(-n3ncccc3=O)cc2C1. The van der Waals surface area contributed by atoms with E-state index in [1.54, 1.807) is 12.3 Å². The van der Waals surface area contributed by atoms with Crippen molar-refractivity contribution in [1.82, 2.24) is 14.7 Å². The van der Waals surface area contributed by atoms with E-state index < -0.39 is 0 Å². The van der Waals surface area contributed by atoms with E-state index >= 15 is 0 Å². The smallest absolute Gasteiger partial charge is 0.271 e. The summed E-state index contributed by atoms with van der Waals surface area (Å²) < 4.78 is 1.44. The third-order valence-corrected chi connectivity index (χ3v) is 4.53. The van der Waals surface area contributed by atoms with Gasteiger partial charge in [-0.2, -0.15) is 9.78 Å². The van der Waals surface area contributed by atoms with Crippen molar-refractivity contribution in [2.75, 3.05) is 25.0 Å². The molecule has 1 aliphatic rings. The maximum atomic E-state index is 12.1. The van der Waals surface area contributed by atoms with Gasteiger partial charge >= 0.3 is 0 Å². The molecule has 0 aliphatic carbocycles. The molecule has 3 aromatic rings. The lowest BCUT2D eigenvalue weighted by Crippen LogP contribution is -2.26. The van der Waals surface area contributed by atoms with Crippen molar-refractivity contribution < 1.29 is 0 Å². The Labute approximate surface area is 146 Å². The molecule has 1 aliphatic heterocycles. The van der Waals surface area contributed by atoms with Gasteiger partial charge in [-0.3, -0.25) is 4.79 Å². The fraction of sp³-hybridized carbons (Fsp3) is 0.200. The predicted molar refractivity (Wildman–Crippen MR) is 99.6 cm³/mol. The van der Waals surface area contributed by atoms with E-state index in [1.165, 1.54) is 27.7 Å². The molecular formula is C20H20N4O. The number of hydrogen-bond acceptors (Lipinski definition) is 4. The van der Waals surface area contributed by atoms with Gasteiger partial charge in [0.2, 0.25) is 0 Å². The number of likely N-dealkylation sites (N-methyl/N-ethyl adjacent to an activating group) is 1. The first kappa shape index (κ1) is 15.6. The van der Waals surface area contributed by atoms with Crippen LogP contribution in [0.25, 0.3) is 5.69 Å². The van der Waals surface area contributed by atoms with Crippen molar-refractivity contribution in [3.63, 3.8) is 0 Å². The van der Waals surface area contributed by atoms with Gasteiger partial charge in [-0.05, 0) is 49.0 Å². The molecule has 0 bridgehead atoms. The summed E-state index contributed by atoms with van der Waals surface area (Å²) in [6.07, 6.45) is 1.63. The monoisotopic (exact) mass is 332 g/mol. The lowest BCUT2D eigenvalue weighted by Gasteiger charge is -2.25. The molecule has 0 N–H and O–H groups in total. The largest absolute Gasteiger partial charge is 0.340 e. The molecule has 5 nitrogen and oxygen atoms in total. The Morgan fingerprint density at radius 3 is 2.56 bits per heavy atom. The van der Waals surface area contributed by atoms with Crippen LogP contribution in [0.1, 0.15) is 5.56 Å². The van der Waals surface area contributed by atoms with Crippen LogP contribution in [0, 0.1) is 0 Å². The minimum Gasteiger partial charge on any atom is -0.340 e. The second-order valence-corrected chi connectivity index (χ2v) is 6.31. The Morgan fingerprint density at radius 2 is 1.76 bits per heavy atom. The predicted octanol–water partition coefficient (Wildman–Crippen LogP) is 2.82. The molecule has 2 heterocycles. The van der Waals surface area contributed by atoms with E-state index in [-0.39, 0.29) is 5.56 Å².